The third-order valence-corrected chi connectivity index (χ3v) is 4.02. The molecule has 0 spiro atoms. The second kappa shape index (κ2) is 5.78. The van der Waals surface area contributed by atoms with E-state index in [-0.39, 0.29) is 22.2 Å². The quantitative estimate of drug-likeness (QED) is 0.417. The van der Waals surface area contributed by atoms with Crippen molar-refractivity contribution in [2.24, 2.45) is 0 Å². The van der Waals surface area contributed by atoms with E-state index in [2.05, 4.69) is 46.9 Å². The molecular formula is C12H4Br2ClF3N4. The van der Waals surface area contributed by atoms with Crippen molar-refractivity contribution >= 4 is 49.2 Å². The number of rotatable bonds is 2. The lowest BCUT2D eigenvalue weighted by Gasteiger charge is -2.15. The average molecular weight is 456 g/mol. The van der Waals surface area contributed by atoms with Crippen LogP contribution < -0.4 is 0 Å². The Morgan fingerprint density at radius 1 is 1.09 bits per heavy atom. The molecule has 0 radical (unpaired) electrons. The number of alkyl halides is 2. The topological polar surface area (TPSA) is 43.1 Å². The van der Waals surface area contributed by atoms with Crippen LogP contribution in [0, 0.1) is 17.5 Å². The van der Waals surface area contributed by atoms with E-state index in [0.717, 1.165) is 0 Å². The summed E-state index contributed by atoms with van der Waals surface area (Å²) >= 11 is 12.6. The number of aromatic nitrogens is 4. The molecular weight excluding hydrogens is 452 g/mol. The second-order valence-corrected chi connectivity index (χ2v) is 7.60. The summed E-state index contributed by atoms with van der Waals surface area (Å²) in [6.45, 7) is 0. The van der Waals surface area contributed by atoms with Gasteiger partial charge in [-0.15, -0.1) is 0 Å². The summed E-state index contributed by atoms with van der Waals surface area (Å²) in [6, 6.07) is 1.14. The lowest BCUT2D eigenvalue weighted by Crippen LogP contribution is -2.06. The maximum atomic E-state index is 14.1. The van der Waals surface area contributed by atoms with Crippen LogP contribution in [-0.4, -0.2) is 19.6 Å². The molecule has 0 saturated carbocycles. The van der Waals surface area contributed by atoms with Gasteiger partial charge in [0.15, 0.2) is 0 Å². The van der Waals surface area contributed by atoms with Gasteiger partial charge in [-0.3, -0.25) is 0 Å². The van der Waals surface area contributed by atoms with Crippen molar-refractivity contribution in [1.82, 2.24) is 19.6 Å². The van der Waals surface area contributed by atoms with Gasteiger partial charge in [0, 0.05) is 17.7 Å². The molecule has 0 saturated heterocycles. The first-order valence-electron chi connectivity index (χ1n) is 5.72. The van der Waals surface area contributed by atoms with Gasteiger partial charge in [0.25, 0.3) is 5.78 Å². The molecule has 0 fully saturated rings. The highest BCUT2D eigenvalue weighted by Crippen LogP contribution is 2.41. The number of hydrogen-bond acceptors (Lipinski definition) is 3. The van der Waals surface area contributed by atoms with Crippen molar-refractivity contribution in [1.29, 1.82) is 0 Å². The molecule has 0 atom stereocenters. The summed E-state index contributed by atoms with van der Waals surface area (Å²) in [7, 11) is 0. The van der Waals surface area contributed by atoms with Crippen LogP contribution in [-0.2, 0) is 0 Å². The molecule has 10 heteroatoms. The van der Waals surface area contributed by atoms with Crippen LogP contribution >= 0.6 is 43.5 Å². The third kappa shape index (κ3) is 2.50. The van der Waals surface area contributed by atoms with Gasteiger partial charge in [-0.25, -0.2) is 13.2 Å². The fourth-order valence-electron chi connectivity index (χ4n) is 2.05. The van der Waals surface area contributed by atoms with Gasteiger partial charge >= 0.3 is 0 Å². The summed E-state index contributed by atoms with van der Waals surface area (Å²) in [4.78, 5) is 7.83. The van der Waals surface area contributed by atoms with Crippen LogP contribution in [0.3, 0.4) is 0 Å². The molecule has 0 bridgehead atoms. The first-order valence-corrected chi connectivity index (χ1v) is 7.93. The molecule has 0 aliphatic carbocycles. The molecule has 114 valence electrons. The monoisotopic (exact) mass is 454 g/mol. The normalized spacial score (nSPS) is 11.6. The molecule has 4 nitrogen and oxygen atoms in total. The number of halogens is 6. The highest BCUT2D eigenvalue weighted by Gasteiger charge is 2.26. The highest BCUT2D eigenvalue weighted by atomic mass is 79.9. The van der Waals surface area contributed by atoms with Gasteiger partial charge in [0.2, 0.25) is 0 Å². The molecule has 3 aromatic rings. The third-order valence-electron chi connectivity index (χ3n) is 2.88. The van der Waals surface area contributed by atoms with E-state index in [9.17, 15) is 13.2 Å². The van der Waals surface area contributed by atoms with Gasteiger partial charge < -0.3 is 0 Å². The van der Waals surface area contributed by atoms with Crippen molar-refractivity contribution in [3.05, 3.63) is 46.8 Å². The number of nitrogens with zero attached hydrogens (tertiary/aromatic N) is 4. The first kappa shape index (κ1) is 15.7. The summed E-state index contributed by atoms with van der Waals surface area (Å²) in [5.74, 6) is -3.05. The Morgan fingerprint density at radius 3 is 2.32 bits per heavy atom. The largest absolute Gasteiger partial charge is 0.253 e. The number of fused-ring (bicyclic) bond motifs is 1. The zero-order valence-electron chi connectivity index (χ0n) is 10.4. The van der Waals surface area contributed by atoms with E-state index in [1.54, 1.807) is 0 Å². The number of hydrogen-bond donors (Lipinski definition) is 0. The Hall–Kier alpha value is -1.19. The van der Waals surface area contributed by atoms with E-state index >= 15 is 0 Å². The average Bonchev–Trinajstić information content (AvgIpc) is 2.84. The molecule has 1 aromatic carbocycles. The Kier molecular flexibility index (Phi) is 4.13. The minimum Gasteiger partial charge on any atom is -0.207 e. The highest BCUT2D eigenvalue weighted by molar-refractivity contribution is 9.24. The molecule has 2 aromatic heterocycles. The minimum atomic E-state index is -1.09. The lowest BCUT2D eigenvalue weighted by atomic mass is 10.0. The van der Waals surface area contributed by atoms with E-state index < -0.39 is 26.8 Å². The predicted molar refractivity (Wildman–Crippen MR) is 81.7 cm³/mol. The fraction of sp³-hybridized carbons (Fsp3) is 0.0833. The zero-order chi connectivity index (χ0) is 16.0. The predicted octanol–water partition coefficient (Wildman–Crippen LogP) is 4.65. The molecule has 3 rings (SSSR count). The van der Waals surface area contributed by atoms with E-state index in [1.165, 1.54) is 10.8 Å². The van der Waals surface area contributed by atoms with Gasteiger partial charge in [-0.1, -0.05) is 43.5 Å². The molecule has 0 amide bonds. The molecule has 2 heterocycles. The maximum absolute atomic E-state index is 14.1. The fourth-order valence-corrected chi connectivity index (χ4v) is 3.16. The molecule has 0 aliphatic rings. The Labute approximate surface area is 143 Å². The molecule has 0 unspecified atom stereocenters. The number of benzene rings is 1. The smallest absolute Gasteiger partial charge is 0.207 e. The summed E-state index contributed by atoms with van der Waals surface area (Å²) in [5, 5.41) is 3.77. The van der Waals surface area contributed by atoms with Crippen molar-refractivity contribution in [3.63, 3.8) is 0 Å². The second-order valence-electron chi connectivity index (χ2n) is 4.18. The molecule has 0 N–H and O–H groups in total. The lowest BCUT2D eigenvalue weighted by molar-refractivity contribution is 0.547. The summed E-state index contributed by atoms with van der Waals surface area (Å²) in [6.07, 6.45) is 1.23. The SMILES string of the molecule is Fc1cc(F)c(-c2c(Cl)nc3ncnn3c2C(Br)Br)c(F)c1. The summed E-state index contributed by atoms with van der Waals surface area (Å²) < 4.78 is 42.0. The zero-order valence-corrected chi connectivity index (χ0v) is 14.3. The standard InChI is InChI=1S/C12H4Br2ClF3N4/c13-10(14)9-8(7-5(17)1-4(16)2-6(7)18)11(15)21-12-19-3-20-22(9)12/h1-3,10H. The van der Waals surface area contributed by atoms with Gasteiger partial charge in [0.1, 0.15) is 32.7 Å². The van der Waals surface area contributed by atoms with Crippen LogP contribution in [0.1, 0.15) is 9.43 Å². The minimum absolute atomic E-state index is 0.0478. The maximum Gasteiger partial charge on any atom is 0.253 e. The Balaban J connectivity index is 2.45. The van der Waals surface area contributed by atoms with Gasteiger partial charge in [-0.2, -0.15) is 19.6 Å². The van der Waals surface area contributed by atoms with Crippen molar-refractivity contribution in [2.45, 2.75) is 3.74 Å². The Morgan fingerprint density at radius 2 is 1.73 bits per heavy atom. The Bertz CT molecular complexity index is 861. The molecule has 0 aliphatic heterocycles. The van der Waals surface area contributed by atoms with Crippen molar-refractivity contribution in [2.75, 3.05) is 0 Å². The van der Waals surface area contributed by atoms with Gasteiger partial charge in [0.05, 0.1) is 11.3 Å². The van der Waals surface area contributed by atoms with E-state index in [1.807, 2.05) is 0 Å². The van der Waals surface area contributed by atoms with Crippen LogP contribution in [0.4, 0.5) is 13.2 Å². The first-order chi connectivity index (χ1) is 10.4. The van der Waals surface area contributed by atoms with Crippen LogP contribution in [0.2, 0.25) is 5.15 Å². The van der Waals surface area contributed by atoms with E-state index in [4.69, 9.17) is 11.6 Å². The van der Waals surface area contributed by atoms with Crippen molar-refractivity contribution < 1.29 is 13.2 Å². The van der Waals surface area contributed by atoms with Crippen LogP contribution in [0.5, 0.6) is 0 Å². The molecule has 22 heavy (non-hydrogen) atoms. The van der Waals surface area contributed by atoms with E-state index in [0.29, 0.717) is 12.1 Å². The van der Waals surface area contributed by atoms with Crippen LogP contribution in [0.25, 0.3) is 16.9 Å². The van der Waals surface area contributed by atoms with Crippen molar-refractivity contribution in [3.8, 4) is 11.1 Å². The van der Waals surface area contributed by atoms with Crippen LogP contribution in [0.15, 0.2) is 18.5 Å². The van der Waals surface area contributed by atoms with Gasteiger partial charge in [-0.05, 0) is 0 Å². The summed E-state index contributed by atoms with van der Waals surface area (Å²) in [5.41, 5.74) is -0.263.